The predicted octanol–water partition coefficient (Wildman–Crippen LogP) is 4.17. The van der Waals surface area contributed by atoms with E-state index in [1.165, 1.54) is 43.2 Å². The number of carbonyl (C=O) groups is 1. The molecule has 3 rings (SSSR count). The van der Waals surface area contributed by atoms with Crippen molar-refractivity contribution in [2.45, 2.75) is 64.0 Å². The van der Waals surface area contributed by atoms with Gasteiger partial charge in [-0.25, -0.2) is 0 Å². The van der Waals surface area contributed by atoms with Crippen LogP contribution in [-0.4, -0.2) is 30.4 Å². The van der Waals surface area contributed by atoms with Crippen LogP contribution in [0.2, 0.25) is 5.02 Å². The van der Waals surface area contributed by atoms with Crippen molar-refractivity contribution in [3.8, 4) is 0 Å². The van der Waals surface area contributed by atoms with Gasteiger partial charge < -0.3 is 5.32 Å². The van der Waals surface area contributed by atoms with E-state index in [0.717, 1.165) is 36.9 Å². The van der Waals surface area contributed by atoms with Gasteiger partial charge in [-0.2, -0.15) is 0 Å². The standard InChI is InChI=1S/C20H29ClN2O/c1-23-14-16-8-9-18(21)11-17(16)12-19(23)13-22-20(24)10-7-15-5-3-2-4-6-15/h8-9,11,15,19H,2-7,10,12-14H2,1H3,(H,22,24). The van der Waals surface area contributed by atoms with Gasteiger partial charge in [-0.15, -0.1) is 0 Å². The van der Waals surface area contributed by atoms with Crippen molar-refractivity contribution in [3.05, 3.63) is 34.3 Å². The second-order valence-electron chi connectivity index (χ2n) is 7.53. The second-order valence-corrected chi connectivity index (χ2v) is 7.97. The van der Waals surface area contributed by atoms with Crippen molar-refractivity contribution in [1.29, 1.82) is 0 Å². The number of hydrogen-bond donors (Lipinski definition) is 1. The van der Waals surface area contributed by atoms with Crippen molar-refractivity contribution in [3.63, 3.8) is 0 Å². The van der Waals surface area contributed by atoms with Crippen LogP contribution in [0.5, 0.6) is 0 Å². The second kappa shape index (κ2) is 8.35. The Labute approximate surface area is 150 Å². The number of likely N-dealkylation sites (N-methyl/N-ethyl adjacent to an activating group) is 1. The Morgan fingerprint density at radius 3 is 2.83 bits per heavy atom. The number of benzene rings is 1. The summed E-state index contributed by atoms with van der Waals surface area (Å²) in [6.07, 6.45) is 9.40. The fraction of sp³-hybridized carbons (Fsp3) is 0.650. The first-order valence-electron chi connectivity index (χ1n) is 9.36. The molecule has 1 aliphatic heterocycles. The quantitative estimate of drug-likeness (QED) is 0.866. The number of amides is 1. The Hall–Kier alpha value is -1.06. The highest BCUT2D eigenvalue weighted by Gasteiger charge is 2.24. The van der Waals surface area contributed by atoms with Gasteiger partial charge >= 0.3 is 0 Å². The first kappa shape index (κ1) is 17.8. The van der Waals surface area contributed by atoms with Gasteiger partial charge in [0.25, 0.3) is 0 Å². The summed E-state index contributed by atoms with van der Waals surface area (Å²) in [5.74, 6) is 0.988. The van der Waals surface area contributed by atoms with Crippen LogP contribution in [0.1, 0.15) is 56.1 Å². The summed E-state index contributed by atoms with van der Waals surface area (Å²) < 4.78 is 0. The molecule has 0 aromatic heterocycles. The Morgan fingerprint density at radius 1 is 1.25 bits per heavy atom. The summed E-state index contributed by atoms with van der Waals surface area (Å²) in [6.45, 7) is 1.65. The molecule has 24 heavy (non-hydrogen) atoms. The minimum absolute atomic E-state index is 0.214. The SMILES string of the molecule is CN1Cc2ccc(Cl)cc2CC1CNC(=O)CCC1CCCCC1. The minimum Gasteiger partial charge on any atom is -0.355 e. The first-order valence-corrected chi connectivity index (χ1v) is 9.74. The summed E-state index contributed by atoms with van der Waals surface area (Å²) >= 11 is 6.12. The maximum atomic E-state index is 12.2. The van der Waals surface area contributed by atoms with Crippen LogP contribution < -0.4 is 5.32 Å². The fourth-order valence-corrected chi connectivity index (χ4v) is 4.30. The van der Waals surface area contributed by atoms with Crippen molar-refractivity contribution in [2.24, 2.45) is 5.92 Å². The van der Waals surface area contributed by atoms with Gasteiger partial charge in [0.1, 0.15) is 0 Å². The highest BCUT2D eigenvalue weighted by atomic mass is 35.5. The maximum Gasteiger partial charge on any atom is 0.220 e. The number of halogens is 1. The lowest BCUT2D eigenvalue weighted by atomic mass is 9.86. The van der Waals surface area contributed by atoms with Crippen LogP contribution in [0.4, 0.5) is 0 Å². The van der Waals surface area contributed by atoms with Gasteiger partial charge in [-0.05, 0) is 49.1 Å². The molecular weight excluding hydrogens is 320 g/mol. The van der Waals surface area contributed by atoms with E-state index in [1.54, 1.807) is 0 Å². The lowest BCUT2D eigenvalue weighted by molar-refractivity contribution is -0.121. The van der Waals surface area contributed by atoms with E-state index in [9.17, 15) is 4.79 Å². The van der Waals surface area contributed by atoms with Crippen LogP contribution in [0.15, 0.2) is 18.2 Å². The maximum absolute atomic E-state index is 12.2. The zero-order valence-corrected chi connectivity index (χ0v) is 15.4. The molecule has 1 aromatic carbocycles. The van der Waals surface area contributed by atoms with E-state index in [-0.39, 0.29) is 5.91 Å². The molecule has 1 aromatic rings. The molecule has 1 atom stereocenters. The van der Waals surface area contributed by atoms with E-state index in [4.69, 9.17) is 11.6 Å². The van der Waals surface area contributed by atoms with Gasteiger partial charge in [-0.3, -0.25) is 9.69 Å². The molecule has 1 heterocycles. The van der Waals surface area contributed by atoms with Crippen LogP contribution >= 0.6 is 11.6 Å². The first-order chi connectivity index (χ1) is 11.6. The van der Waals surface area contributed by atoms with Gasteiger partial charge in [0.2, 0.25) is 5.91 Å². The number of nitrogens with zero attached hydrogens (tertiary/aromatic N) is 1. The van der Waals surface area contributed by atoms with Crippen LogP contribution in [0.3, 0.4) is 0 Å². The van der Waals surface area contributed by atoms with Crippen molar-refractivity contribution in [2.75, 3.05) is 13.6 Å². The minimum atomic E-state index is 0.214. The Kier molecular flexibility index (Phi) is 6.18. The third-order valence-corrected chi connectivity index (χ3v) is 5.94. The smallest absolute Gasteiger partial charge is 0.220 e. The van der Waals surface area contributed by atoms with Crippen LogP contribution in [-0.2, 0) is 17.8 Å². The highest BCUT2D eigenvalue weighted by Crippen LogP contribution is 2.27. The number of nitrogens with one attached hydrogen (secondary N) is 1. The zero-order valence-electron chi connectivity index (χ0n) is 14.7. The van der Waals surface area contributed by atoms with Gasteiger partial charge in [0, 0.05) is 30.6 Å². The van der Waals surface area contributed by atoms with Crippen LogP contribution in [0, 0.1) is 5.92 Å². The van der Waals surface area contributed by atoms with Gasteiger partial charge in [0.15, 0.2) is 0 Å². The van der Waals surface area contributed by atoms with Crippen molar-refractivity contribution >= 4 is 17.5 Å². The summed E-state index contributed by atoms with van der Waals surface area (Å²) in [5, 5.41) is 3.95. The molecule has 1 N–H and O–H groups in total. The molecule has 1 fully saturated rings. The molecular formula is C20H29ClN2O. The largest absolute Gasteiger partial charge is 0.355 e. The molecule has 0 radical (unpaired) electrons. The van der Waals surface area contributed by atoms with E-state index < -0.39 is 0 Å². The molecule has 132 valence electrons. The Bertz CT molecular complexity index is 569. The molecule has 1 saturated carbocycles. The molecule has 1 amide bonds. The van der Waals surface area contributed by atoms with E-state index in [1.807, 2.05) is 6.07 Å². The van der Waals surface area contributed by atoms with Gasteiger partial charge in [0.05, 0.1) is 0 Å². The third-order valence-electron chi connectivity index (χ3n) is 5.71. The molecule has 1 unspecified atom stereocenters. The summed E-state index contributed by atoms with van der Waals surface area (Å²) in [6, 6.07) is 6.51. The average molecular weight is 349 g/mol. The normalized spacial score (nSPS) is 22.2. The van der Waals surface area contributed by atoms with E-state index >= 15 is 0 Å². The number of rotatable bonds is 5. The predicted molar refractivity (Wildman–Crippen MR) is 99.2 cm³/mol. The fourth-order valence-electron chi connectivity index (χ4n) is 4.11. The number of hydrogen-bond acceptors (Lipinski definition) is 2. The Morgan fingerprint density at radius 2 is 2.04 bits per heavy atom. The molecule has 0 spiro atoms. The summed E-state index contributed by atoms with van der Waals surface area (Å²) in [7, 11) is 2.14. The molecule has 4 heteroatoms. The zero-order chi connectivity index (χ0) is 16.9. The highest BCUT2D eigenvalue weighted by molar-refractivity contribution is 6.30. The van der Waals surface area contributed by atoms with Gasteiger partial charge in [-0.1, -0.05) is 49.8 Å². The van der Waals surface area contributed by atoms with E-state index in [2.05, 4.69) is 29.4 Å². The lowest BCUT2D eigenvalue weighted by Gasteiger charge is -2.34. The Balaban J connectivity index is 1.44. The average Bonchev–Trinajstić information content (AvgIpc) is 2.59. The molecule has 1 aliphatic carbocycles. The molecule has 3 nitrogen and oxygen atoms in total. The van der Waals surface area contributed by atoms with Crippen LogP contribution in [0.25, 0.3) is 0 Å². The molecule has 0 saturated heterocycles. The topological polar surface area (TPSA) is 32.3 Å². The van der Waals surface area contributed by atoms with Crippen molar-refractivity contribution < 1.29 is 4.79 Å². The molecule has 0 bridgehead atoms. The lowest BCUT2D eigenvalue weighted by Crippen LogP contribution is -2.45. The third kappa shape index (κ3) is 4.73. The summed E-state index contributed by atoms with van der Waals surface area (Å²) in [5.41, 5.74) is 2.67. The number of fused-ring (bicyclic) bond motifs is 1. The number of carbonyl (C=O) groups excluding carboxylic acids is 1. The molecule has 2 aliphatic rings. The summed E-state index contributed by atoms with van der Waals surface area (Å²) in [4.78, 5) is 14.5. The monoisotopic (exact) mass is 348 g/mol. The van der Waals surface area contributed by atoms with Crippen molar-refractivity contribution in [1.82, 2.24) is 10.2 Å². The van der Waals surface area contributed by atoms with E-state index in [0.29, 0.717) is 12.5 Å².